The molecule has 0 atom stereocenters. The molecule has 0 nitrogen and oxygen atoms in total. The molecule has 168 valence electrons. The molecule has 0 aromatic heterocycles. The van der Waals surface area contributed by atoms with Crippen LogP contribution in [0.2, 0.25) is 0 Å². The van der Waals surface area contributed by atoms with Gasteiger partial charge in [-0.3, -0.25) is 6.08 Å². The summed E-state index contributed by atoms with van der Waals surface area (Å²) in [6.07, 6.45) is 12.0. The molecule has 2 aromatic rings. The summed E-state index contributed by atoms with van der Waals surface area (Å²) >= 11 is 1.46. The molecule has 2 aliphatic carbocycles. The number of rotatable bonds is 1. The first-order chi connectivity index (χ1) is 14.1. The van der Waals surface area contributed by atoms with Crippen molar-refractivity contribution in [3.63, 3.8) is 0 Å². The minimum Gasteiger partial charge on any atom is -0.210 e. The topological polar surface area (TPSA) is 0 Å². The number of fused-ring (bicyclic) bond motifs is 1. The Balaban J connectivity index is 0.000000236. The van der Waals surface area contributed by atoms with E-state index in [2.05, 4.69) is 99.9 Å². The molecule has 4 rings (SSSR count). The van der Waals surface area contributed by atoms with Gasteiger partial charge in [-0.25, -0.2) is 12.1 Å². The quantitative estimate of drug-likeness (QED) is 0.351. The van der Waals surface area contributed by atoms with Crippen molar-refractivity contribution >= 4 is 3.71 Å². The van der Waals surface area contributed by atoms with Crippen LogP contribution in [0.25, 0.3) is 0 Å². The van der Waals surface area contributed by atoms with E-state index in [1.54, 1.807) is 16.7 Å². The molecule has 0 bridgehead atoms. The zero-order chi connectivity index (χ0) is 22.2. The molecular weight excluding hydrogens is 452 g/mol. The molecular formula is C30H41Zr-3. The summed E-state index contributed by atoms with van der Waals surface area (Å²) in [5, 5.41) is 0. The van der Waals surface area contributed by atoms with Gasteiger partial charge in [0.15, 0.2) is 0 Å². The van der Waals surface area contributed by atoms with Gasteiger partial charge in [-0.15, -0.1) is 6.42 Å². The van der Waals surface area contributed by atoms with E-state index < -0.39 is 0 Å². The van der Waals surface area contributed by atoms with Gasteiger partial charge in [-0.05, 0) is 5.41 Å². The maximum Gasteiger partial charge on any atom is -0.0512 e. The fourth-order valence-electron chi connectivity index (χ4n) is 3.94. The second-order valence-corrected chi connectivity index (χ2v) is 11.0. The molecule has 0 saturated carbocycles. The van der Waals surface area contributed by atoms with Crippen LogP contribution < -0.4 is 0 Å². The van der Waals surface area contributed by atoms with Crippen LogP contribution in [0, 0.1) is 24.3 Å². The monoisotopic (exact) mass is 491 g/mol. The van der Waals surface area contributed by atoms with Gasteiger partial charge < -0.3 is 7.43 Å². The van der Waals surface area contributed by atoms with Gasteiger partial charge in [0, 0.05) is 0 Å². The Labute approximate surface area is 207 Å². The van der Waals surface area contributed by atoms with Gasteiger partial charge in [0.2, 0.25) is 0 Å². The van der Waals surface area contributed by atoms with E-state index in [-0.39, 0.29) is 12.8 Å². The third kappa shape index (κ3) is 9.06. The zero-order valence-electron chi connectivity index (χ0n) is 20.8. The van der Waals surface area contributed by atoms with Crippen LogP contribution in [-0.2, 0) is 37.1 Å². The Morgan fingerprint density at radius 3 is 2.03 bits per heavy atom. The predicted octanol–water partition coefficient (Wildman–Crippen LogP) is 8.26. The molecule has 0 amide bonds. The number of allylic oxidation sites excluding steroid dienone is 4. The van der Waals surface area contributed by atoms with Gasteiger partial charge in [-0.1, -0.05) is 72.6 Å². The third-order valence-corrected chi connectivity index (χ3v) is 6.50. The SMILES string of the molecule is CC(C)(C)C1=C(C(C)(C)C)C[C-]=C1.[CH3-].[Zr]=[CH]c1ccccc1.c1cc2c([cH-]1)CCCC2. The zero-order valence-corrected chi connectivity index (χ0v) is 23.3. The fraction of sp³-hybridized carbons (Fsp3) is 0.433. The first-order valence-electron chi connectivity index (χ1n) is 11.2. The van der Waals surface area contributed by atoms with Crippen molar-refractivity contribution in [1.82, 2.24) is 0 Å². The van der Waals surface area contributed by atoms with Crippen molar-refractivity contribution in [1.29, 1.82) is 0 Å². The molecule has 0 spiro atoms. The van der Waals surface area contributed by atoms with E-state index in [4.69, 9.17) is 0 Å². The summed E-state index contributed by atoms with van der Waals surface area (Å²) in [7, 11) is 0. The van der Waals surface area contributed by atoms with Crippen LogP contribution in [0.3, 0.4) is 0 Å². The van der Waals surface area contributed by atoms with E-state index in [0.29, 0.717) is 5.41 Å². The smallest absolute Gasteiger partial charge is 0.0512 e. The molecule has 0 unspecified atom stereocenters. The maximum absolute atomic E-state index is 3.34. The summed E-state index contributed by atoms with van der Waals surface area (Å²) in [6, 6.07) is 17.0. The summed E-state index contributed by atoms with van der Waals surface area (Å²) < 4.78 is 2.17. The number of hydrogen-bond donors (Lipinski definition) is 0. The summed E-state index contributed by atoms with van der Waals surface area (Å²) in [5.74, 6) is 0. The third-order valence-electron chi connectivity index (χ3n) is 5.68. The average molecular weight is 493 g/mol. The van der Waals surface area contributed by atoms with Gasteiger partial charge >= 0.3 is 63.8 Å². The first kappa shape index (κ1) is 27.8. The molecule has 0 fully saturated rings. The normalized spacial score (nSPS) is 15.0. The van der Waals surface area contributed by atoms with Crippen molar-refractivity contribution < 1.29 is 24.2 Å². The summed E-state index contributed by atoms with van der Waals surface area (Å²) in [4.78, 5) is 0. The molecule has 2 aromatic carbocycles. The maximum atomic E-state index is 3.34. The Morgan fingerprint density at radius 2 is 1.55 bits per heavy atom. The van der Waals surface area contributed by atoms with Crippen LogP contribution >= 0.6 is 0 Å². The van der Waals surface area contributed by atoms with Crippen LogP contribution in [0.5, 0.6) is 0 Å². The summed E-state index contributed by atoms with van der Waals surface area (Å²) in [5.41, 5.74) is 8.13. The number of aryl methyl sites for hydroxylation is 2. The fourth-order valence-corrected chi connectivity index (χ4v) is 4.41. The van der Waals surface area contributed by atoms with Gasteiger partial charge in [0.25, 0.3) is 0 Å². The molecule has 2 aliphatic rings. The largest absolute Gasteiger partial charge is 0.210 e. The van der Waals surface area contributed by atoms with E-state index >= 15 is 0 Å². The summed E-state index contributed by atoms with van der Waals surface area (Å²) in [6.45, 7) is 13.7. The van der Waals surface area contributed by atoms with Crippen LogP contribution in [0.4, 0.5) is 0 Å². The van der Waals surface area contributed by atoms with Crippen molar-refractivity contribution in [2.24, 2.45) is 10.8 Å². The van der Waals surface area contributed by atoms with Gasteiger partial charge in [-0.2, -0.15) is 34.4 Å². The Morgan fingerprint density at radius 1 is 0.903 bits per heavy atom. The molecule has 0 heterocycles. The first-order valence-corrected chi connectivity index (χ1v) is 12.6. The second-order valence-electron chi connectivity index (χ2n) is 10.3. The average Bonchev–Trinajstić information content (AvgIpc) is 3.38. The van der Waals surface area contributed by atoms with Crippen LogP contribution in [0.1, 0.15) is 77.5 Å². The molecule has 31 heavy (non-hydrogen) atoms. The minimum atomic E-state index is 0. The molecule has 0 radical (unpaired) electrons. The Bertz CT molecular complexity index is 827. The number of hydrogen-bond acceptors (Lipinski definition) is 0. The van der Waals surface area contributed by atoms with Crippen molar-refractivity contribution in [2.45, 2.75) is 73.6 Å². The van der Waals surface area contributed by atoms with Crippen LogP contribution in [0.15, 0.2) is 65.8 Å². The second kappa shape index (κ2) is 12.7. The van der Waals surface area contributed by atoms with Crippen molar-refractivity contribution in [3.8, 4) is 0 Å². The predicted molar refractivity (Wildman–Crippen MR) is 135 cm³/mol. The van der Waals surface area contributed by atoms with Crippen molar-refractivity contribution in [3.05, 3.63) is 95.9 Å². The van der Waals surface area contributed by atoms with E-state index in [1.807, 2.05) is 6.07 Å². The molecule has 0 aliphatic heterocycles. The van der Waals surface area contributed by atoms with E-state index in [9.17, 15) is 0 Å². The Hall–Kier alpha value is -1.20. The standard InChI is InChI=1S/C13H21.C9H11.C7H6.CH3.Zr/c1-12(2,3)10-8-7-9-11(10)13(4,5)6;1-2-5-9-7-3-6-8(9)4-1;1-7-5-3-2-4-6-7;;/h8H,9H2,1-6H3;3,6-7H,1-2,4-5H2;1-6H;1H3;/q2*-1;;-1;. The molecule has 0 saturated heterocycles. The van der Waals surface area contributed by atoms with Gasteiger partial charge in [0.05, 0.1) is 0 Å². The van der Waals surface area contributed by atoms with E-state index in [1.165, 1.54) is 61.1 Å². The van der Waals surface area contributed by atoms with Gasteiger partial charge in [0.1, 0.15) is 0 Å². The van der Waals surface area contributed by atoms with Crippen LogP contribution in [-0.4, -0.2) is 3.71 Å². The molecule has 0 N–H and O–H groups in total. The number of benzene rings is 1. The minimum absolute atomic E-state index is 0. The van der Waals surface area contributed by atoms with Crippen molar-refractivity contribution in [2.75, 3.05) is 0 Å². The van der Waals surface area contributed by atoms with E-state index in [0.717, 1.165) is 6.42 Å². The molecule has 1 heteroatoms. The Kier molecular flexibility index (Phi) is 11.4.